The third-order valence-corrected chi connectivity index (χ3v) is 13.4. The minimum Gasteiger partial charge on any atom is -0.391 e. The summed E-state index contributed by atoms with van der Waals surface area (Å²) in [5.74, 6) is -9.79. The van der Waals surface area contributed by atoms with Crippen LogP contribution in [-0.4, -0.2) is 175 Å². The first kappa shape index (κ1) is 68.4. The van der Waals surface area contributed by atoms with E-state index in [-0.39, 0.29) is 77.0 Å². The summed E-state index contributed by atoms with van der Waals surface area (Å²) in [6.45, 7) is 4.79. The zero-order valence-electron chi connectivity index (χ0n) is 46.3. The van der Waals surface area contributed by atoms with Gasteiger partial charge in [0.25, 0.3) is 0 Å². The zero-order chi connectivity index (χ0) is 60.3. The molecule has 0 spiro atoms. The predicted octanol–water partition coefficient (Wildman–Crippen LogP) is -4.90. The van der Waals surface area contributed by atoms with Gasteiger partial charge in [0.1, 0.15) is 54.4 Å². The number of amides is 10. The maximum Gasteiger partial charge on any atom is 0.245 e. The van der Waals surface area contributed by atoms with Gasteiger partial charge in [-0.05, 0) is 108 Å². The van der Waals surface area contributed by atoms with Gasteiger partial charge in [0.15, 0.2) is 0 Å². The van der Waals surface area contributed by atoms with Gasteiger partial charge in [-0.3, -0.25) is 47.9 Å². The lowest BCUT2D eigenvalue weighted by molar-refractivity contribution is -0.136. The number of nitrogens with one attached hydrogen (secondary N) is 10. The Morgan fingerprint density at radius 1 is 0.630 bits per heavy atom. The monoisotopic (exact) mass is 1160 g/mol. The molecule has 81 heavy (non-hydrogen) atoms. The van der Waals surface area contributed by atoms with E-state index in [4.69, 9.17) is 40.3 Å². The van der Waals surface area contributed by atoms with Crippen LogP contribution in [0.25, 0.3) is 0 Å². The summed E-state index contributed by atoms with van der Waals surface area (Å²) in [6.07, 6.45) is -3.93. The molecule has 1 heterocycles. The van der Waals surface area contributed by atoms with Crippen LogP contribution in [0.3, 0.4) is 0 Å². The van der Waals surface area contributed by atoms with Crippen molar-refractivity contribution in [3.8, 4) is 0 Å². The Morgan fingerprint density at radius 2 is 1.19 bits per heavy atom. The van der Waals surface area contributed by atoms with E-state index in [1.165, 1.54) is 13.8 Å². The molecule has 1 aliphatic rings. The molecule has 10 amide bonds. The normalized spacial score (nSPS) is 23.1. The molecular formula is C53H84ClN15O12. The van der Waals surface area contributed by atoms with Gasteiger partial charge in [-0.1, -0.05) is 67.9 Å². The minimum absolute atomic E-state index is 0.00216. The molecule has 1 fully saturated rings. The molecule has 0 unspecified atom stereocenters. The SMILES string of the molecule is CC(C)C[C@@H]1NC(=O)[C@@H](Cc2ccccc2)NC(=O)[C@H](CCN)NC(=O)[C@@H](NC(=O)[C@H](CN)NC(=O)[C@@H](NC(=O)C[C@H](CN)c2cccc(Cl)c2)[C@@H](C)O)CCNC(=O)[C@H]([C@@H](C)O)NC(=O)[C@H](CCN)NC(=O)[C@H](CCCN)NC1=O. The average Bonchev–Trinajstić information content (AvgIpc) is 3.43. The second kappa shape index (κ2) is 35.1. The van der Waals surface area contributed by atoms with Crippen molar-refractivity contribution in [3.05, 3.63) is 70.7 Å². The lowest BCUT2D eigenvalue weighted by Gasteiger charge is -2.28. The fourth-order valence-electron chi connectivity index (χ4n) is 8.69. The highest BCUT2D eigenvalue weighted by Crippen LogP contribution is 2.22. The summed E-state index contributed by atoms with van der Waals surface area (Å²) >= 11 is 6.14. The van der Waals surface area contributed by atoms with Crippen LogP contribution in [0.15, 0.2) is 54.6 Å². The van der Waals surface area contributed by atoms with Gasteiger partial charge in [0.2, 0.25) is 59.1 Å². The molecule has 450 valence electrons. The molecular weight excluding hydrogens is 1070 g/mol. The average molecular weight is 1160 g/mol. The quantitative estimate of drug-likeness (QED) is 0.0496. The number of aliphatic hydroxyl groups is 2. The molecule has 22 N–H and O–H groups in total. The second-order valence-corrected chi connectivity index (χ2v) is 20.8. The highest BCUT2D eigenvalue weighted by atomic mass is 35.5. The molecule has 1 aliphatic heterocycles. The number of carbonyl (C=O) groups is 10. The van der Waals surface area contributed by atoms with Crippen molar-refractivity contribution >= 4 is 70.7 Å². The number of rotatable bonds is 23. The van der Waals surface area contributed by atoms with Gasteiger partial charge in [0, 0.05) is 36.9 Å². The maximum atomic E-state index is 14.4. The Labute approximate surface area is 476 Å². The molecule has 28 heteroatoms. The third-order valence-electron chi connectivity index (χ3n) is 13.2. The van der Waals surface area contributed by atoms with Gasteiger partial charge in [-0.25, -0.2) is 0 Å². The van der Waals surface area contributed by atoms with Gasteiger partial charge in [0.05, 0.1) is 12.2 Å². The largest absolute Gasteiger partial charge is 0.391 e. The van der Waals surface area contributed by atoms with E-state index in [2.05, 4.69) is 53.2 Å². The van der Waals surface area contributed by atoms with Gasteiger partial charge >= 0.3 is 0 Å². The molecule has 0 saturated carbocycles. The van der Waals surface area contributed by atoms with Crippen molar-refractivity contribution in [2.75, 3.05) is 39.3 Å². The van der Waals surface area contributed by atoms with E-state index < -0.39 is 151 Å². The molecule has 27 nitrogen and oxygen atoms in total. The molecule has 0 radical (unpaired) electrons. The van der Waals surface area contributed by atoms with Crippen molar-refractivity contribution in [2.45, 2.75) is 152 Å². The maximum absolute atomic E-state index is 14.4. The number of carbonyl (C=O) groups excluding carboxylic acids is 10. The molecule has 12 atom stereocenters. The van der Waals surface area contributed by atoms with E-state index in [9.17, 15) is 58.2 Å². The smallest absolute Gasteiger partial charge is 0.245 e. The van der Waals surface area contributed by atoms with Crippen LogP contribution in [0.4, 0.5) is 0 Å². The summed E-state index contributed by atoms with van der Waals surface area (Å²) in [5.41, 5.74) is 30.8. The first-order valence-electron chi connectivity index (χ1n) is 27.1. The molecule has 3 rings (SSSR count). The van der Waals surface area contributed by atoms with Gasteiger partial charge in [-0.15, -0.1) is 0 Å². The van der Waals surface area contributed by atoms with Crippen LogP contribution in [-0.2, 0) is 54.4 Å². The minimum atomic E-state index is -1.68. The molecule has 0 aliphatic carbocycles. The van der Waals surface area contributed by atoms with Crippen LogP contribution < -0.4 is 81.8 Å². The highest BCUT2D eigenvalue weighted by molar-refractivity contribution is 6.30. The molecule has 1 saturated heterocycles. The summed E-state index contributed by atoms with van der Waals surface area (Å²) in [6, 6.07) is 1.80. The van der Waals surface area contributed by atoms with E-state index in [0.717, 1.165) is 0 Å². The summed E-state index contributed by atoms with van der Waals surface area (Å²) in [4.78, 5) is 140. The Bertz CT molecular complexity index is 2420. The van der Waals surface area contributed by atoms with E-state index in [0.29, 0.717) is 16.1 Å². The van der Waals surface area contributed by atoms with Crippen LogP contribution in [0.1, 0.15) is 89.7 Å². The van der Waals surface area contributed by atoms with E-state index in [1.807, 2.05) is 0 Å². The van der Waals surface area contributed by atoms with Crippen LogP contribution in [0, 0.1) is 5.92 Å². The number of hydrogen-bond donors (Lipinski definition) is 17. The van der Waals surface area contributed by atoms with Crippen LogP contribution >= 0.6 is 11.6 Å². The Kier molecular flexibility index (Phi) is 29.7. The van der Waals surface area contributed by atoms with Crippen molar-refractivity contribution in [2.24, 2.45) is 34.6 Å². The van der Waals surface area contributed by atoms with Crippen LogP contribution in [0.2, 0.25) is 5.02 Å². The summed E-state index contributed by atoms with van der Waals surface area (Å²) in [5, 5.41) is 47.3. The number of hydrogen-bond acceptors (Lipinski definition) is 17. The van der Waals surface area contributed by atoms with Crippen molar-refractivity contribution < 1.29 is 58.2 Å². The topological polar surface area (TPSA) is 462 Å². The molecule has 0 aromatic heterocycles. The van der Waals surface area contributed by atoms with Crippen molar-refractivity contribution in [1.29, 1.82) is 0 Å². The Morgan fingerprint density at radius 3 is 1.73 bits per heavy atom. The number of benzene rings is 2. The number of halogens is 1. The lowest BCUT2D eigenvalue weighted by atomic mass is 9.95. The van der Waals surface area contributed by atoms with E-state index >= 15 is 0 Å². The standard InChI is InChI=1S/C53H84ClN15O12/c1-28(2)22-39-49(77)61-35(14-9-18-55)45(73)63-37(16-20-57)48(76)69-43(29(3)70)52(80)60-21-17-38(47(75)62-36(15-19-56)46(74)66-40(50(78)65-39)23-31-10-6-5-7-11-31)64-51(79)41(27-59)67-53(81)44(30(4)71)68-42(72)25-33(26-58)32-12-8-13-34(54)24-32/h5-8,10-13,24,28-30,33,35-41,43-44,70-71H,9,14-23,25-27,55-59H2,1-4H3,(H,60,80)(H,61,77)(H,62,75)(H,63,73)(H,64,79)(H,65,78)(H,66,74)(H,67,81)(H,68,72)(H,69,76)/t29-,30-,33-,35+,36+,37+,38+,39+,40-,41+,43+,44+/m1/s1. The first-order valence-corrected chi connectivity index (χ1v) is 27.5. The predicted molar refractivity (Wildman–Crippen MR) is 301 cm³/mol. The summed E-state index contributed by atoms with van der Waals surface area (Å²) in [7, 11) is 0. The summed E-state index contributed by atoms with van der Waals surface area (Å²) < 4.78 is 0. The Balaban J connectivity index is 2.08. The second-order valence-electron chi connectivity index (χ2n) is 20.4. The molecule has 0 bridgehead atoms. The fourth-order valence-corrected chi connectivity index (χ4v) is 8.89. The van der Waals surface area contributed by atoms with Crippen LogP contribution in [0.5, 0.6) is 0 Å². The Hall–Kier alpha value is -6.85. The molecule has 2 aromatic carbocycles. The zero-order valence-corrected chi connectivity index (χ0v) is 47.1. The van der Waals surface area contributed by atoms with Crippen molar-refractivity contribution in [1.82, 2.24) is 53.2 Å². The van der Waals surface area contributed by atoms with Gasteiger partial charge in [-0.2, -0.15) is 0 Å². The fraction of sp³-hybridized carbons (Fsp3) is 0.585. The lowest BCUT2D eigenvalue weighted by Crippen LogP contribution is -2.62. The number of aliphatic hydroxyl groups excluding tert-OH is 2. The first-order chi connectivity index (χ1) is 38.5. The number of nitrogens with two attached hydrogens (primary N) is 5. The van der Waals surface area contributed by atoms with Crippen molar-refractivity contribution in [3.63, 3.8) is 0 Å². The molecule has 2 aromatic rings. The third kappa shape index (κ3) is 22.9. The van der Waals surface area contributed by atoms with Gasteiger partial charge < -0.3 is 92.0 Å². The van der Waals surface area contributed by atoms with E-state index in [1.54, 1.807) is 68.4 Å². The highest BCUT2D eigenvalue weighted by Gasteiger charge is 2.37.